The zero-order chi connectivity index (χ0) is 16.2. The maximum atomic E-state index is 12.2. The molecule has 2 aromatic rings. The minimum atomic E-state index is -0.235. The standard InChI is InChI=1S/C15H21N5O3/c1-10(13-19-17-9-20(13)2)7-16-14(21)12-8-23-15(18-12)11-3-5-22-6-4-11/h8-11H,3-7H2,1-2H3,(H,16,21). The number of nitrogens with one attached hydrogen (secondary N) is 1. The predicted molar refractivity (Wildman–Crippen MR) is 81.0 cm³/mol. The number of nitrogens with zero attached hydrogens (tertiary/aromatic N) is 4. The molecule has 1 aliphatic heterocycles. The smallest absolute Gasteiger partial charge is 0.273 e. The number of carbonyl (C=O) groups is 1. The van der Waals surface area contributed by atoms with Gasteiger partial charge in [0.2, 0.25) is 0 Å². The number of carbonyl (C=O) groups excluding carboxylic acids is 1. The topological polar surface area (TPSA) is 95.1 Å². The van der Waals surface area contributed by atoms with Crippen LogP contribution in [0, 0.1) is 0 Å². The van der Waals surface area contributed by atoms with Crippen molar-refractivity contribution >= 4 is 5.91 Å². The molecule has 2 aromatic heterocycles. The van der Waals surface area contributed by atoms with E-state index >= 15 is 0 Å². The lowest BCUT2D eigenvalue weighted by Crippen LogP contribution is -2.28. The van der Waals surface area contributed by atoms with Gasteiger partial charge in [-0.2, -0.15) is 0 Å². The molecule has 0 radical (unpaired) electrons. The van der Waals surface area contributed by atoms with Gasteiger partial charge in [-0.1, -0.05) is 6.92 Å². The van der Waals surface area contributed by atoms with E-state index in [9.17, 15) is 4.79 Å². The summed E-state index contributed by atoms with van der Waals surface area (Å²) in [4.78, 5) is 16.5. The number of amides is 1. The molecule has 8 nitrogen and oxygen atoms in total. The fourth-order valence-corrected chi connectivity index (χ4v) is 2.69. The van der Waals surface area contributed by atoms with Gasteiger partial charge in [0.1, 0.15) is 18.4 Å². The van der Waals surface area contributed by atoms with Gasteiger partial charge in [-0.25, -0.2) is 4.98 Å². The highest BCUT2D eigenvalue weighted by Crippen LogP contribution is 2.26. The predicted octanol–water partition coefficient (Wildman–Crippen LogP) is 1.23. The van der Waals surface area contributed by atoms with E-state index in [1.165, 1.54) is 6.26 Å². The van der Waals surface area contributed by atoms with Crippen LogP contribution in [0.25, 0.3) is 0 Å². The molecule has 1 fully saturated rings. The highest BCUT2D eigenvalue weighted by atomic mass is 16.5. The first-order valence-corrected chi connectivity index (χ1v) is 7.80. The normalized spacial score (nSPS) is 17.1. The second kappa shape index (κ2) is 6.91. The second-order valence-electron chi connectivity index (χ2n) is 5.87. The summed E-state index contributed by atoms with van der Waals surface area (Å²) < 4.78 is 12.6. The summed E-state index contributed by atoms with van der Waals surface area (Å²) >= 11 is 0. The van der Waals surface area contributed by atoms with Crippen molar-refractivity contribution in [3.63, 3.8) is 0 Å². The lowest BCUT2D eigenvalue weighted by atomic mass is 10.0. The molecule has 0 saturated carbocycles. The summed E-state index contributed by atoms with van der Waals surface area (Å²) in [6.45, 7) is 3.87. The van der Waals surface area contributed by atoms with Gasteiger partial charge in [-0.05, 0) is 12.8 Å². The van der Waals surface area contributed by atoms with Crippen molar-refractivity contribution in [1.82, 2.24) is 25.1 Å². The molecule has 1 atom stereocenters. The Morgan fingerprint density at radius 1 is 1.48 bits per heavy atom. The summed E-state index contributed by atoms with van der Waals surface area (Å²) in [5.41, 5.74) is 0.316. The average molecular weight is 319 g/mol. The van der Waals surface area contributed by atoms with Crippen LogP contribution >= 0.6 is 0 Å². The first-order valence-electron chi connectivity index (χ1n) is 7.80. The molecule has 1 amide bonds. The number of hydrogen-bond donors (Lipinski definition) is 1. The van der Waals surface area contributed by atoms with E-state index in [1.807, 2.05) is 18.5 Å². The quantitative estimate of drug-likeness (QED) is 0.890. The Balaban J connectivity index is 1.56. The molecule has 1 unspecified atom stereocenters. The van der Waals surface area contributed by atoms with E-state index in [1.54, 1.807) is 6.33 Å². The van der Waals surface area contributed by atoms with Gasteiger partial charge >= 0.3 is 0 Å². The molecular formula is C15H21N5O3. The number of ether oxygens (including phenoxy) is 1. The van der Waals surface area contributed by atoms with Crippen molar-refractivity contribution in [3.05, 3.63) is 30.0 Å². The largest absolute Gasteiger partial charge is 0.448 e. The molecular weight excluding hydrogens is 298 g/mol. The Kier molecular flexibility index (Phi) is 4.71. The average Bonchev–Trinajstić information content (AvgIpc) is 3.22. The van der Waals surface area contributed by atoms with E-state index in [0.717, 1.165) is 18.7 Å². The first-order chi connectivity index (χ1) is 11.1. The third-order valence-corrected chi connectivity index (χ3v) is 4.08. The number of aromatic nitrogens is 4. The van der Waals surface area contributed by atoms with Gasteiger partial charge in [0.15, 0.2) is 11.6 Å². The number of hydrogen-bond acceptors (Lipinski definition) is 6. The van der Waals surface area contributed by atoms with Crippen LogP contribution in [0.1, 0.15) is 53.8 Å². The molecule has 0 aromatic carbocycles. The summed E-state index contributed by atoms with van der Waals surface area (Å²) in [7, 11) is 1.88. The van der Waals surface area contributed by atoms with Gasteiger partial charge in [-0.3, -0.25) is 4.79 Å². The Labute approximate surface area is 134 Å². The van der Waals surface area contributed by atoms with Gasteiger partial charge in [0.05, 0.1) is 0 Å². The number of oxazole rings is 1. The Morgan fingerprint density at radius 2 is 2.26 bits per heavy atom. The minimum absolute atomic E-state index is 0.0633. The second-order valence-corrected chi connectivity index (χ2v) is 5.87. The lowest BCUT2D eigenvalue weighted by molar-refractivity contribution is 0.0794. The van der Waals surface area contributed by atoms with Crippen LogP contribution in [-0.4, -0.2) is 45.4 Å². The molecule has 0 spiro atoms. The van der Waals surface area contributed by atoms with E-state index in [2.05, 4.69) is 20.5 Å². The molecule has 3 heterocycles. The van der Waals surface area contributed by atoms with Crippen molar-refractivity contribution in [1.29, 1.82) is 0 Å². The zero-order valence-corrected chi connectivity index (χ0v) is 13.4. The van der Waals surface area contributed by atoms with Gasteiger partial charge in [0, 0.05) is 38.6 Å². The summed E-state index contributed by atoms with van der Waals surface area (Å²) in [6, 6.07) is 0. The van der Waals surface area contributed by atoms with Gasteiger partial charge < -0.3 is 19.0 Å². The molecule has 3 rings (SSSR count). The monoisotopic (exact) mass is 319 g/mol. The molecule has 23 heavy (non-hydrogen) atoms. The van der Waals surface area contributed by atoms with Crippen LogP contribution in [0.3, 0.4) is 0 Å². The van der Waals surface area contributed by atoms with Crippen molar-refractivity contribution in [2.24, 2.45) is 7.05 Å². The van der Waals surface area contributed by atoms with Crippen molar-refractivity contribution in [2.75, 3.05) is 19.8 Å². The van der Waals surface area contributed by atoms with E-state index in [0.29, 0.717) is 31.3 Å². The fraction of sp³-hybridized carbons (Fsp3) is 0.600. The maximum absolute atomic E-state index is 12.2. The van der Waals surface area contributed by atoms with Crippen LogP contribution in [0.4, 0.5) is 0 Å². The minimum Gasteiger partial charge on any atom is -0.448 e. The highest BCUT2D eigenvalue weighted by Gasteiger charge is 2.23. The number of rotatable bonds is 5. The molecule has 0 aliphatic carbocycles. The lowest BCUT2D eigenvalue weighted by Gasteiger charge is -2.18. The Morgan fingerprint density at radius 3 is 2.96 bits per heavy atom. The Hall–Kier alpha value is -2.22. The summed E-state index contributed by atoms with van der Waals surface area (Å²) in [6.07, 6.45) is 4.83. The molecule has 1 saturated heterocycles. The van der Waals surface area contributed by atoms with Crippen molar-refractivity contribution in [2.45, 2.75) is 31.6 Å². The molecule has 124 valence electrons. The molecule has 0 bridgehead atoms. The highest BCUT2D eigenvalue weighted by molar-refractivity contribution is 5.91. The van der Waals surface area contributed by atoms with Crippen molar-refractivity contribution < 1.29 is 13.9 Å². The van der Waals surface area contributed by atoms with E-state index < -0.39 is 0 Å². The van der Waals surface area contributed by atoms with Gasteiger partial charge in [-0.15, -0.1) is 10.2 Å². The van der Waals surface area contributed by atoms with Crippen LogP contribution in [0.2, 0.25) is 0 Å². The fourth-order valence-electron chi connectivity index (χ4n) is 2.69. The summed E-state index contributed by atoms with van der Waals surface area (Å²) in [5, 5.41) is 10.8. The SMILES string of the molecule is CC(CNC(=O)c1coc(C2CCOCC2)n1)c1nncn1C. The van der Waals surface area contributed by atoms with Crippen LogP contribution < -0.4 is 5.32 Å². The third-order valence-electron chi connectivity index (χ3n) is 4.08. The molecule has 1 N–H and O–H groups in total. The zero-order valence-electron chi connectivity index (χ0n) is 13.4. The van der Waals surface area contributed by atoms with E-state index in [-0.39, 0.29) is 17.7 Å². The van der Waals surface area contributed by atoms with Crippen molar-refractivity contribution in [3.8, 4) is 0 Å². The maximum Gasteiger partial charge on any atom is 0.273 e. The molecule has 1 aliphatic rings. The first kappa shape index (κ1) is 15.7. The third kappa shape index (κ3) is 3.58. The van der Waals surface area contributed by atoms with Crippen LogP contribution in [0.15, 0.2) is 17.0 Å². The van der Waals surface area contributed by atoms with Gasteiger partial charge in [0.25, 0.3) is 5.91 Å². The number of aryl methyl sites for hydroxylation is 1. The summed E-state index contributed by atoms with van der Waals surface area (Å²) in [5.74, 6) is 1.52. The molecule has 8 heteroatoms. The van der Waals surface area contributed by atoms with E-state index in [4.69, 9.17) is 9.15 Å². The van der Waals surface area contributed by atoms with Crippen LogP contribution in [-0.2, 0) is 11.8 Å². The Bertz CT molecular complexity index is 660. The van der Waals surface area contributed by atoms with Crippen LogP contribution in [0.5, 0.6) is 0 Å².